The standard InChI is InChI=1S/C20H33N3O2/c1-5-19(25-6-2)20(24)21-17-7-9-18(10-8-17)23-13-11-16(12-14-23)15-22(3)4/h7-10,16,19H,5-6,11-15H2,1-4H3,(H,21,24)/t19-/m0/s1. The molecule has 1 fully saturated rings. The predicted octanol–water partition coefficient (Wildman–Crippen LogP) is 3.22. The average Bonchev–Trinajstić information content (AvgIpc) is 2.60. The average molecular weight is 348 g/mol. The lowest BCUT2D eigenvalue weighted by atomic mass is 9.96. The molecule has 0 radical (unpaired) electrons. The van der Waals surface area contributed by atoms with Crippen LogP contribution in [-0.4, -0.2) is 57.2 Å². The molecule has 0 aromatic heterocycles. The van der Waals surface area contributed by atoms with E-state index >= 15 is 0 Å². The molecule has 0 unspecified atom stereocenters. The quantitative estimate of drug-likeness (QED) is 0.784. The molecule has 2 rings (SSSR count). The second-order valence-corrected chi connectivity index (χ2v) is 7.08. The van der Waals surface area contributed by atoms with Gasteiger partial charge in [-0.1, -0.05) is 6.92 Å². The summed E-state index contributed by atoms with van der Waals surface area (Å²) in [4.78, 5) is 16.9. The number of nitrogens with one attached hydrogen (secondary N) is 1. The first kappa shape index (κ1) is 19.7. The van der Waals surface area contributed by atoms with Crippen LogP contribution in [0.4, 0.5) is 11.4 Å². The van der Waals surface area contributed by atoms with E-state index in [4.69, 9.17) is 4.74 Å². The van der Waals surface area contributed by atoms with Crippen molar-refractivity contribution in [2.45, 2.75) is 39.2 Å². The zero-order chi connectivity index (χ0) is 18.2. The van der Waals surface area contributed by atoms with E-state index in [0.717, 1.165) is 24.7 Å². The molecule has 1 atom stereocenters. The van der Waals surface area contributed by atoms with Crippen molar-refractivity contribution in [1.29, 1.82) is 0 Å². The van der Waals surface area contributed by atoms with Gasteiger partial charge in [0, 0.05) is 37.6 Å². The highest BCUT2D eigenvalue weighted by atomic mass is 16.5. The van der Waals surface area contributed by atoms with Gasteiger partial charge < -0.3 is 19.9 Å². The van der Waals surface area contributed by atoms with E-state index in [1.54, 1.807) is 0 Å². The van der Waals surface area contributed by atoms with Gasteiger partial charge in [-0.3, -0.25) is 4.79 Å². The van der Waals surface area contributed by atoms with Crippen LogP contribution in [0.3, 0.4) is 0 Å². The number of anilines is 2. The lowest BCUT2D eigenvalue weighted by Crippen LogP contribution is -2.37. The number of nitrogens with zero attached hydrogens (tertiary/aromatic N) is 2. The molecular weight excluding hydrogens is 314 g/mol. The lowest BCUT2D eigenvalue weighted by Gasteiger charge is -2.34. The smallest absolute Gasteiger partial charge is 0.253 e. The summed E-state index contributed by atoms with van der Waals surface area (Å²) >= 11 is 0. The molecule has 1 aliphatic heterocycles. The minimum atomic E-state index is -0.375. The summed E-state index contributed by atoms with van der Waals surface area (Å²) in [5, 5.41) is 2.95. The van der Waals surface area contributed by atoms with Crippen molar-refractivity contribution in [3.8, 4) is 0 Å². The molecule has 1 heterocycles. The van der Waals surface area contributed by atoms with Gasteiger partial charge in [0.2, 0.25) is 0 Å². The molecule has 140 valence electrons. The van der Waals surface area contributed by atoms with Gasteiger partial charge in [-0.15, -0.1) is 0 Å². The van der Waals surface area contributed by atoms with Crippen LogP contribution in [0.25, 0.3) is 0 Å². The first-order valence-corrected chi connectivity index (χ1v) is 9.45. The molecule has 1 N–H and O–H groups in total. The van der Waals surface area contributed by atoms with Crippen LogP contribution in [0, 0.1) is 5.92 Å². The Morgan fingerprint density at radius 2 is 1.88 bits per heavy atom. The molecule has 1 aliphatic rings. The number of carbonyl (C=O) groups is 1. The lowest BCUT2D eigenvalue weighted by molar-refractivity contribution is -0.127. The molecule has 0 bridgehead atoms. The summed E-state index contributed by atoms with van der Waals surface area (Å²) in [7, 11) is 4.29. The summed E-state index contributed by atoms with van der Waals surface area (Å²) in [6, 6.07) is 8.17. The van der Waals surface area contributed by atoms with Crippen LogP contribution in [0.5, 0.6) is 0 Å². The van der Waals surface area contributed by atoms with Gasteiger partial charge in [-0.05, 0) is 70.5 Å². The van der Waals surface area contributed by atoms with E-state index in [0.29, 0.717) is 13.0 Å². The summed E-state index contributed by atoms with van der Waals surface area (Å²) in [6.07, 6.45) is 2.78. The maximum Gasteiger partial charge on any atom is 0.253 e. The largest absolute Gasteiger partial charge is 0.372 e. The highest BCUT2D eigenvalue weighted by molar-refractivity contribution is 5.94. The van der Waals surface area contributed by atoms with Gasteiger partial charge in [0.1, 0.15) is 6.10 Å². The number of rotatable bonds is 8. The Bertz CT molecular complexity index is 522. The van der Waals surface area contributed by atoms with Gasteiger partial charge in [0.15, 0.2) is 0 Å². The zero-order valence-electron chi connectivity index (χ0n) is 16.1. The van der Waals surface area contributed by atoms with E-state index in [1.165, 1.54) is 25.1 Å². The second-order valence-electron chi connectivity index (χ2n) is 7.08. The summed E-state index contributed by atoms with van der Waals surface area (Å²) in [5.74, 6) is 0.732. The Hall–Kier alpha value is -1.59. The Labute approximate surface area is 152 Å². The molecule has 1 saturated heterocycles. The Kier molecular flexibility index (Phi) is 7.72. The topological polar surface area (TPSA) is 44.8 Å². The number of ether oxygens (including phenoxy) is 1. The van der Waals surface area contributed by atoms with Gasteiger partial charge in [-0.25, -0.2) is 0 Å². The second kappa shape index (κ2) is 9.78. The third kappa shape index (κ3) is 6.01. The first-order valence-electron chi connectivity index (χ1n) is 9.45. The number of piperidine rings is 1. The van der Waals surface area contributed by atoms with Gasteiger partial charge in [0.25, 0.3) is 5.91 Å². The molecule has 0 spiro atoms. The molecule has 1 amide bonds. The monoisotopic (exact) mass is 347 g/mol. The Balaban J connectivity index is 1.87. The maximum absolute atomic E-state index is 12.2. The van der Waals surface area contributed by atoms with Crippen LogP contribution >= 0.6 is 0 Å². The number of amides is 1. The molecule has 5 heteroatoms. The minimum absolute atomic E-state index is 0.0680. The van der Waals surface area contributed by atoms with E-state index in [9.17, 15) is 4.79 Å². The van der Waals surface area contributed by atoms with Crippen molar-refractivity contribution >= 4 is 17.3 Å². The van der Waals surface area contributed by atoms with Crippen molar-refractivity contribution in [2.75, 3.05) is 50.6 Å². The minimum Gasteiger partial charge on any atom is -0.372 e. The third-order valence-electron chi connectivity index (χ3n) is 4.77. The van der Waals surface area contributed by atoms with Crippen LogP contribution in [-0.2, 0) is 9.53 Å². The normalized spacial score (nSPS) is 16.9. The van der Waals surface area contributed by atoms with E-state index < -0.39 is 0 Å². The van der Waals surface area contributed by atoms with Gasteiger partial charge >= 0.3 is 0 Å². The van der Waals surface area contributed by atoms with Crippen LogP contribution in [0.15, 0.2) is 24.3 Å². The number of hydrogen-bond donors (Lipinski definition) is 1. The van der Waals surface area contributed by atoms with Crippen LogP contribution in [0.1, 0.15) is 33.1 Å². The molecule has 25 heavy (non-hydrogen) atoms. The summed E-state index contributed by atoms with van der Waals surface area (Å²) < 4.78 is 5.46. The molecular formula is C20H33N3O2. The Morgan fingerprint density at radius 1 is 1.24 bits per heavy atom. The maximum atomic E-state index is 12.2. The fraction of sp³-hybridized carbons (Fsp3) is 0.650. The molecule has 1 aromatic rings. The van der Waals surface area contributed by atoms with E-state index in [1.807, 2.05) is 26.0 Å². The van der Waals surface area contributed by atoms with Crippen molar-refractivity contribution < 1.29 is 9.53 Å². The van der Waals surface area contributed by atoms with Crippen molar-refractivity contribution in [3.63, 3.8) is 0 Å². The molecule has 0 aliphatic carbocycles. The number of hydrogen-bond acceptors (Lipinski definition) is 4. The van der Waals surface area contributed by atoms with Crippen LogP contribution in [0.2, 0.25) is 0 Å². The summed E-state index contributed by atoms with van der Waals surface area (Å²) in [6.45, 7) is 7.81. The Morgan fingerprint density at radius 3 is 2.40 bits per heavy atom. The fourth-order valence-electron chi connectivity index (χ4n) is 3.45. The molecule has 1 aromatic carbocycles. The van der Waals surface area contributed by atoms with Gasteiger partial charge in [-0.2, -0.15) is 0 Å². The highest BCUT2D eigenvalue weighted by Gasteiger charge is 2.20. The first-order chi connectivity index (χ1) is 12.0. The van der Waals surface area contributed by atoms with Gasteiger partial charge in [0.05, 0.1) is 0 Å². The SMILES string of the molecule is CCO[C@@H](CC)C(=O)Nc1ccc(N2CCC(CN(C)C)CC2)cc1. The number of benzene rings is 1. The predicted molar refractivity (Wildman–Crippen MR) is 104 cm³/mol. The van der Waals surface area contributed by atoms with Crippen molar-refractivity contribution in [3.05, 3.63) is 24.3 Å². The third-order valence-corrected chi connectivity index (χ3v) is 4.77. The zero-order valence-corrected chi connectivity index (χ0v) is 16.1. The van der Waals surface area contributed by atoms with E-state index in [2.05, 4.69) is 41.3 Å². The fourth-order valence-corrected chi connectivity index (χ4v) is 3.45. The highest BCUT2D eigenvalue weighted by Crippen LogP contribution is 2.25. The molecule has 5 nitrogen and oxygen atoms in total. The van der Waals surface area contributed by atoms with E-state index in [-0.39, 0.29) is 12.0 Å². The number of carbonyl (C=O) groups excluding carboxylic acids is 1. The van der Waals surface area contributed by atoms with Crippen molar-refractivity contribution in [2.24, 2.45) is 5.92 Å². The van der Waals surface area contributed by atoms with Crippen LogP contribution < -0.4 is 10.2 Å². The molecule has 0 saturated carbocycles. The summed E-state index contributed by atoms with van der Waals surface area (Å²) in [5.41, 5.74) is 2.06. The van der Waals surface area contributed by atoms with Crippen molar-refractivity contribution in [1.82, 2.24) is 4.90 Å².